The number of amides is 1. The Morgan fingerprint density at radius 2 is 1.68 bits per heavy atom. The number of nitrogens with two attached hydrogens (primary N) is 2. The molecule has 0 aliphatic heterocycles. The van der Waals surface area contributed by atoms with Crippen LogP contribution < -0.4 is 16.8 Å². The van der Waals surface area contributed by atoms with Crippen molar-refractivity contribution in [3.8, 4) is 0 Å². The highest BCUT2D eigenvalue weighted by molar-refractivity contribution is 7.99. The van der Waals surface area contributed by atoms with Gasteiger partial charge in [0.25, 0.3) is 0 Å². The molecule has 8 nitrogen and oxygen atoms in total. The van der Waals surface area contributed by atoms with E-state index in [-0.39, 0.29) is 18.5 Å². The van der Waals surface area contributed by atoms with E-state index in [9.17, 15) is 4.79 Å². The second-order valence-corrected chi connectivity index (χ2v) is 6.55. The monoisotopic (exact) mass is 406 g/mol. The average Bonchev–Trinajstić information content (AvgIpc) is 2.65. The van der Waals surface area contributed by atoms with Gasteiger partial charge in [0.2, 0.25) is 5.91 Å². The van der Waals surface area contributed by atoms with Gasteiger partial charge in [-0.25, -0.2) is 0 Å². The largest absolute Gasteiger partial charge is 0.375 e. The highest BCUT2D eigenvalue weighted by Gasteiger charge is 2.16. The Kier molecular flexibility index (Phi) is 10.7. The standard InChI is InChI=1S/C18H21NO4S.CH5N3/c1-21-12-17(20)19-16-11-14(24-13-7-5-4-6-8-13)9-10-15(16)18(22-2)23-3;2-1(3)4/h4-11,18H,12H2,1-3H3,(H,19,20);(H5,2,3,4). The van der Waals surface area contributed by atoms with E-state index < -0.39 is 6.29 Å². The molecule has 2 rings (SSSR count). The number of rotatable bonds is 8. The van der Waals surface area contributed by atoms with Crippen molar-refractivity contribution in [1.82, 2.24) is 0 Å². The Morgan fingerprint density at radius 1 is 1.07 bits per heavy atom. The van der Waals surface area contributed by atoms with Gasteiger partial charge in [0.1, 0.15) is 6.61 Å². The maximum absolute atomic E-state index is 11.9. The summed E-state index contributed by atoms with van der Waals surface area (Å²) in [4.78, 5) is 14.0. The van der Waals surface area contributed by atoms with Crippen LogP contribution in [0.2, 0.25) is 0 Å². The zero-order valence-electron chi connectivity index (χ0n) is 16.1. The van der Waals surface area contributed by atoms with E-state index >= 15 is 0 Å². The molecule has 1 amide bonds. The fourth-order valence-corrected chi connectivity index (χ4v) is 3.08. The number of guanidine groups is 1. The molecule has 0 saturated heterocycles. The van der Waals surface area contributed by atoms with Crippen molar-refractivity contribution in [3.05, 3.63) is 54.1 Å². The van der Waals surface area contributed by atoms with Gasteiger partial charge in [-0.3, -0.25) is 10.2 Å². The Labute approximate surface area is 169 Å². The summed E-state index contributed by atoms with van der Waals surface area (Å²) in [6.45, 7) is -0.0138. The van der Waals surface area contributed by atoms with Crippen molar-refractivity contribution >= 4 is 29.3 Å². The molecule has 6 N–H and O–H groups in total. The molecule has 2 aromatic rings. The third-order valence-corrected chi connectivity index (χ3v) is 4.23. The second-order valence-electron chi connectivity index (χ2n) is 5.40. The number of hydrogen-bond donors (Lipinski definition) is 4. The van der Waals surface area contributed by atoms with Gasteiger partial charge in [-0.05, 0) is 24.3 Å². The molecule has 0 aliphatic rings. The summed E-state index contributed by atoms with van der Waals surface area (Å²) in [5, 5.41) is 8.91. The van der Waals surface area contributed by atoms with Crippen molar-refractivity contribution < 1.29 is 19.0 Å². The minimum absolute atomic E-state index is 0.0138. The first-order valence-corrected chi connectivity index (χ1v) is 9.03. The molecule has 2 aromatic carbocycles. The van der Waals surface area contributed by atoms with E-state index in [4.69, 9.17) is 19.6 Å². The maximum Gasteiger partial charge on any atom is 0.250 e. The van der Waals surface area contributed by atoms with E-state index in [1.54, 1.807) is 26.0 Å². The maximum atomic E-state index is 11.9. The molecule has 0 aromatic heterocycles. The fourth-order valence-electron chi connectivity index (χ4n) is 2.20. The number of anilines is 1. The first-order valence-electron chi connectivity index (χ1n) is 8.22. The molecular weight excluding hydrogens is 380 g/mol. The molecule has 0 unspecified atom stereocenters. The third kappa shape index (κ3) is 8.40. The summed E-state index contributed by atoms with van der Waals surface area (Å²) in [6.07, 6.45) is -0.557. The minimum Gasteiger partial charge on any atom is -0.375 e. The normalized spacial score (nSPS) is 10.1. The zero-order valence-corrected chi connectivity index (χ0v) is 16.9. The number of nitrogens with one attached hydrogen (secondary N) is 2. The lowest BCUT2D eigenvalue weighted by Crippen LogP contribution is -2.20. The Balaban J connectivity index is 0.000000892. The second kappa shape index (κ2) is 12.7. The third-order valence-electron chi connectivity index (χ3n) is 3.24. The number of methoxy groups -OCH3 is 3. The predicted molar refractivity (Wildman–Crippen MR) is 110 cm³/mol. The number of hydrogen-bond acceptors (Lipinski definition) is 6. The van der Waals surface area contributed by atoms with Crippen molar-refractivity contribution in [1.29, 1.82) is 5.41 Å². The topological polar surface area (TPSA) is 133 Å². The molecule has 0 bridgehead atoms. The van der Waals surface area contributed by atoms with Gasteiger partial charge in [0.15, 0.2) is 12.2 Å². The van der Waals surface area contributed by atoms with Gasteiger partial charge in [-0.2, -0.15) is 0 Å². The summed E-state index contributed by atoms with van der Waals surface area (Å²) < 4.78 is 15.5. The minimum atomic E-state index is -0.557. The number of carbonyl (C=O) groups is 1. The number of ether oxygens (including phenoxy) is 3. The van der Waals surface area contributed by atoms with Crippen LogP contribution in [0.1, 0.15) is 11.9 Å². The van der Waals surface area contributed by atoms with Crippen LogP contribution >= 0.6 is 11.8 Å². The van der Waals surface area contributed by atoms with Crippen LogP contribution in [0.3, 0.4) is 0 Å². The Hall–Kier alpha value is -2.59. The molecule has 0 saturated carbocycles. The van der Waals surface area contributed by atoms with Gasteiger partial charge in [-0.1, -0.05) is 36.0 Å². The molecule has 28 heavy (non-hydrogen) atoms. The van der Waals surface area contributed by atoms with Crippen LogP contribution in [0.5, 0.6) is 0 Å². The lowest BCUT2D eigenvalue weighted by atomic mass is 10.1. The molecule has 0 heterocycles. The average molecular weight is 407 g/mol. The van der Waals surface area contributed by atoms with E-state index in [2.05, 4.69) is 16.8 Å². The number of carbonyl (C=O) groups excluding carboxylic acids is 1. The van der Waals surface area contributed by atoms with Crippen molar-refractivity contribution in [3.63, 3.8) is 0 Å². The number of benzene rings is 2. The van der Waals surface area contributed by atoms with Gasteiger partial charge >= 0.3 is 0 Å². The lowest BCUT2D eigenvalue weighted by molar-refractivity contribution is -0.119. The van der Waals surface area contributed by atoms with Crippen molar-refractivity contribution in [2.24, 2.45) is 11.5 Å². The molecule has 0 atom stereocenters. The van der Waals surface area contributed by atoms with Crippen molar-refractivity contribution in [2.75, 3.05) is 33.3 Å². The van der Waals surface area contributed by atoms with Crippen LogP contribution in [-0.4, -0.2) is 39.8 Å². The van der Waals surface area contributed by atoms with Crippen LogP contribution in [0, 0.1) is 5.41 Å². The predicted octanol–water partition coefficient (Wildman–Crippen LogP) is 2.55. The van der Waals surface area contributed by atoms with Gasteiger partial charge in [0.05, 0.1) is 5.69 Å². The molecule has 0 spiro atoms. The lowest BCUT2D eigenvalue weighted by Gasteiger charge is -2.19. The SMILES string of the molecule is COCC(=O)Nc1cc(Sc2ccccc2)ccc1C(OC)OC.N=C(N)N. The summed E-state index contributed by atoms with van der Waals surface area (Å²) in [7, 11) is 4.60. The quantitative estimate of drug-likeness (QED) is 0.301. The van der Waals surface area contributed by atoms with Crippen LogP contribution in [0.4, 0.5) is 5.69 Å². The van der Waals surface area contributed by atoms with Crippen LogP contribution in [-0.2, 0) is 19.0 Å². The molecule has 152 valence electrons. The van der Waals surface area contributed by atoms with Crippen LogP contribution in [0.15, 0.2) is 58.3 Å². The smallest absolute Gasteiger partial charge is 0.250 e. The summed E-state index contributed by atoms with van der Waals surface area (Å²) in [5.74, 6) is -0.563. The van der Waals surface area contributed by atoms with Crippen LogP contribution in [0.25, 0.3) is 0 Å². The summed E-state index contributed by atoms with van der Waals surface area (Å²) in [6, 6.07) is 15.8. The van der Waals surface area contributed by atoms with E-state index in [0.717, 1.165) is 15.4 Å². The fraction of sp³-hybridized carbons (Fsp3) is 0.263. The first kappa shape index (κ1) is 23.4. The van der Waals surface area contributed by atoms with E-state index in [1.807, 2.05) is 48.5 Å². The molecule has 0 aliphatic carbocycles. The summed E-state index contributed by atoms with van der Waals surface area (Å²) in [5.41, 5.74) is 10.3. The highest BCUT2D eigenvalue weighted by Crippen LogP contribution is 2.34. The molecule has 0 fully saturated rings. The molecule has 0 radical (unpaired) electrons. The highest BCUT2D eigenvalue weighted by atomic mass is 32.2. The van der Waals surface area contributed by atoms with Gasteiger partial charge < -0.3 is 31.0 Å². The van der Waals surface area contributed by atoms with E-state index in [0.29, 0.717) is 5.69 Å². The van der Waals surface area contributed by atoms with Gasteiger partial charge in [-0.15, -0.1) is 0 Å². The molecular formula is C19H26N4O4S. The van der Waals surface area contributed by atoms with E-state index in [1.165, 1.54) is 7.11 Å². The Morgan fingerprint density at radius 3 is 2.21 bits per heavy atom. The van der Waals surface area contributed by atoms with Crippen molar-refractivity contribution in [2.45, 2.75) is 16.1 Å². The Bertz CT molecular complexity index is 751. The van der Waals surface area contributed by atoms with Gasteiger partial charge in [0, 0.05) is 36.7 Å². The molecule has 9 heteroatoms. The first-order chi connectivity index (χ1) is 13.4. The zero-order chi connectivity index (χ0) is 20.9. The summed E-state index contributed by atoms with van der Waals surface area (Å²) >= 11 is 1.61.